The fraction of sp³-hybridized carbons (Fsp3) is 0.304. The van der Waals surface area contributed by atoms with Crippen molar-refractivity contribution in [2.45, 2.75) is 26.7 Å². The molecule has 0 bridgehead atoms. The summed E-state index contributed by atoms with van der Waals surface area (Å²) < 4.78 is 32.0. The molecule has 0 amide bonds. The van der Waals surface area contributed by atoms with Crippen LogP contribution in [0.4, 0.5) is 5.69 Å². The summed E-state index contributed by atoms with van der Waals surface area (Å²) in [6, 6.07) is 15.3. The maximum atomic E-state index is 13.1. The van der Waals surface area contributed by atoms with Gasteiger partial charge >= 0.3 is 10.0 Å². The van der Waals surface area contributed by atoms with Gasteiger partial charge in [-0.2, -0.15) is 12.3 Å². The summed E-state index contributed by atoms with van der Waals surface area (Å²) in [4.78, 5) is 0. The number of hydrogen-bond donors (Lipinski definition) is 1. The van der Waals surface area contributed by atoms with Gasteiger partial charge in [-0.3, -0.25) is 0 Å². The Labute approximate surface area is 173 Å². The predicted octanol–water partition coefficient (Wildman–Crippen LogP) is 4.67. The fourth-order valence-corrected chi connectivity index (χ4v) is 5.07. The molecule has 2 N–H and O–H groups in total. The molecule has 0 spiro atoms. The predicted molar refractivity (Wildman–Crippen MR) is 119 cm³/mol. The highest BCUT2D eigenvalue weighted by Crippen LogP contribution is 2.35. The summed E-state index contributed by atoms with van der Waals surface area (Å²) in [6.07, 6.45) is 5.52. The summed E-state index contributed by atoms with van der Waals surface area (Å²) in [5.41, 5.74) is 8.40. The van der Waals surface area contributed by atoms with Gasteiger partial charge in [0.2, 0.25) is 0 Å². The van der Waals surface area contributed by atoms with Gasteiger partial charge in [0, 0.05) is 24.3 Å². The molecule has 29 heavy (non-hydrogen) atoms. The van der Waals surface area contributed by atoms with Crippen LogP contribution in [0.5, 0.6) is 11.5 Å². The Morgan fingerprint density at radius 1 is 1.10 bits per heavy atom. The van der Waals surface area contributed by atoms with Crippen molar-refractivity contribution in [3.63, 3.8) is 0 Å². The Hall–Kier alpha value is -2.41. The number of quaternary nitrogens is 1. The van der Waals surface area contributed by atoms with Gasteiger partial charge < -0.3 is 10.5 Å². The standard InChI is InChI=1S/C23H29N2O3S/c1-4-29(26,27)25(15-7-8-19(16-24)17-25)20-11-13-21(14-12-20)28-23-10-6-5-9-22(23)18(2)3/h5-14,17-18H,4,15-16,24H2,1-3H3/q+1. The van der Waals surface area contributed by atoms with Crippen molar-refractivity contribution >= 4 is 15.7 Å². The van der Waals surface area contributed by atoms with Crippen molar-refractivity contribution < 1.29 is 13.2 Å². The van der Waals surface area contributed by atoms with Gasteiger partial charge in [0.05, 0.1) is 5.75 Å². The monoisotopic (exact) mass is 413 g/mol. The van der Waals surface area contributed by atoms with Crippen LogP contribution in [-0.4, -0.2) is 27.3 Å². The van der Waals surface area contributed by atoms with Gasteiger partial charge in [0.15, 0.2) is 5.69 Å². The smallest absolute Gasteiger partial charge is 0.306 e. The lowest BCUT2D eigenvalue weighted by molar-refractivity contribution is 0.471. The van der Waals surface area contributed by atoms with Crippen molar-refractivity contribution in [1.82, 2.24) is 3.89 Å². The lowest BCUT2D eigenvalue weighted by atomic mass is 10.0. The third-order valence-corrected chi connectivity index (χ3v) is 7.41. The first-order valence-electron chi connectivity index (χ1n) is 9.89. The summed E-state index contributed by atoms with van der Waals surface area (Å²) >= 11 is 0. The average Bonchev–Trinajstić information content (AvgIpc) is 2.74. The number of nitrogens with zero attached hydrogens (tertiary/aromatic N) is 1. The van der Waals surface area contributed by atoms with E-state index in [0.717, 1.165) is 16.9 Å². The van der Waals surface area contributed by atoms with E-state index in [9.17, 15) is 8.42 Å². The number of hydrogen-bond acceptors (Lipinski definition) is 4. The summed E-state index contributed by atoms with van der Waals surface area (Å²) in [6.45, 7) is 6.56. The summed E-state index contributed by atoms with van der Waals surface area (Å²) in [5, 5.41) is 0. The molecule has 3 rings (SSSR count). The van der Waals surface area contributed by atoms with Crippen LogP contribution in [-0.2, 0) is 10.0 Å². The summed E-state index contributed by atoms with van der Waals surface area (Å²) in [7, 11) is -3.46. The van der Waals surface area contributed by atoms with Crippen LogP contribution < -0.4 is 14.4 Å². The first kappa shape index (κ1) is 21.3. The van der Waals surface area contributed by atoms with Gasteiger partial charge in [0.25, 0.3) is 0 Å². The van der Waals surface area contributed by atoms with Crippen molar-refractivity contribution in [3.05, 3.63) is 78.0 Å². The fourth-order valence-electron chi connectivity index (χ4n) is 3.55. The third kappa shape index (κ3) is 4.15. The second-order valence-corrected chi connectivity index (χ2v) is 9.84. The number of benzene rings is 2. The lowest BCUT2D eigenvalue weighted by Gasteiger charge is -2.34. The lowest BCUT2D eigenvalue weighted by Crippen LogP contribution is -2.51. The molecule has 1 heterocycles. The van der Waals surface area contributed by atoms with Gasteiger partial charge in [0.1, 0.15) is 24.2 Å². The number of sulfonamides is 1. The molecule has 6 heteroatoms. The highest BCUT2D eigenvalue weighted by molar-refractivity contribution is 7.91. The average molecular weight is 414 g/mol. The van der Waals surface area contributed by atoms with Gasteiger partial charge in [-0.25, -0.2) is 0 Å². The largest absolute Gasteiger partial charge is 0.457 e. The topological polar surface area (TPSA) is 69.4 Å². The molecule has 1 atom stereocenters. The highest BCUT2D eigenvalue weighted by atomic mass is 32.2. The molecule has 0 radical (unpaired) electrons. The number of nitrogens with two attached hydrogens (primary N) is 1. The van der Waals surface area contributed by atoms with Gasteiger partial charge in [-0.05, 0) is 42.7 Å². The number of para-hydroxylation sites is 1. The van der Waals surface area contributed by atoms with E-state index in [2.05, 4.69) is 19.9 Å². The molecule has 0 aliphatic carbocycles. The Morgan fingerprint density at radius 2 is 1.79 bits per heavy atom. The minimum Gasteiger partial charge on any atom is -0.457 e. The first-order chi connectivity index (χ1) is 13.8. The Bertz CT molecular complexity index is 1020. The molecule has 5 nitrogen and oxygen atoms in total. The van der Waals surface area contributed by atoms with Crippen LogP contribution in [0.1, 0.15) is 32.3 Å². The first-order valence-corrected chi connectivity index (χ1v) is 11.5. The van der Waals surface area contributed by atoms with E-state index in [1.54, 1.807) is 13.1 Å². The quantitative estimate of drug-likeness (QED) is 0.670. The molecule has 2 aromatic rings. The zero-order chi connectivity index (χ0) is 21.1. The molecule has 1 aliphatic rings. The third-order valence-electron chi connectivity index (χ3n) is 5.22. The molecule has 2 aromatic carbocycles. The van der Waals surface area contributed by atoms with Crippen LogP contribution in [0.2, 0.25) is 0 Å². The summed E-state index contributed by atoms with van der Waals surface area (Å²) in [5.74, 6) is 1.86. The van der Waals surface area contributed by atoms with Crippen molar-refractivity contribution in [2.75, 3.05) is 18.8 Å². The number of ether oxygens (including phenoxy) is 1. The molecule has 1 aliphatic heterocycles. The Kier molecular flexibility index (Phi) is 6.27. The van der Waals surface area contributed by atoms with Crippen molar-refractivity contribution in [3.8, 4) is 11.5 Å². The zero-order valence-electron chi connectivity index (χ0n) is 17.2. The molecule has 154 valence electrons. The molecule has 0 saturated heterocycles. The molecular formula is C23H29N2O3S+. The van der Waals surface area contributed by atoms with Crippen LogP contribution in [0.15, 0.2) is 72.5 Å². The van der Waals surface area contributed by atoms with Gasteiger partial charge in [-0.1, -0.05) is 38.1 Å². The second kappa shape index (κ2) is 8.53. The van der Waals surface area contributed by atoms with E-state index in [1.165, 1.54) is 0 Å². The maximum Gasteiger partial charge on any atom is 0.306 e. The van der Waals surface area contributed by atoms with Crippen LogP contribution in [0.25, 0.3) is 0 Å². The van der Waals surface area contributed by atoms with Crippen LogP contribution >= 0.6 is 0 Å². The van der Waals surface area contributed by atoms with Crippen molar-refractivity contribution in [2.24, 2.45) is 5.73 Å². The van der Waals surface area contributed by atoms with E-state index in [1.807, 2.05) is 54.6 Å². The molecule has 0 saturated carbocycles. The number of rotatable bonds is 7. The molecule has 0 aromatic heterocycles. The van der Waals surface area contributed by atoms with E-state index in [4.69, 9.17) is 10.5 Å². The van der Waals surface area contributed by atoms with Gasteiger partial charge in [-0.15, -0.1) is 0 Å². The van der Waals surface area contributed by atoms with E-state index in [-0.39, 0.29) is 9.64 Å². The second-order valence-electron chi connectivity index (χ2n) is 7.45. The Morgan fingerprint density at radius 3 is 2.41 bits per heavy atom. The SMILES string of the molecule is CCS(=O)(=O)[N+]1(c2ccc(Oc3ccccc3C(C)C)cc2)C=C(CN)C=CC1. The molecular weight excluding hydrogens is 384 g/mol. The van der Waals surface area contributed by atoms with Crippen LogP contribution in [0, 0.1) is 0 Å². The minimum atomic E-state index is -3.46. The molecule has 0 fully saturated rings. The minimum absolute atomic E-state index is 0.0369. The maximum absolute atomic E-state index is 13.1. The zero-order valence-corrected chi connectivity index (χ0v) is 18.0. The van der Waals surface area contributed by atoms with E-state index < -0.39 is 10.0 Å². The van der Waals surface area contributed by atoms with Crippen LogP contribution in [0.3, 0.4) is 0 Å². The Balaban J connectivity index is 1.98. The van der Waals surface area contributed by atoms with E-state index >= 15 is 0 Å². The molecule has 1 unspecified atom stereocenters. The van der Waals surface area contributed by atoms with Crippen molar-refractivity contribution in [1.29, 1.82) is 0 Å². The normalized spacial score (nSPS) is 19.3. The highest BCUT2D eigenvalue weighted by Gasteiger charge is 2.42. The van der Waals surface area contributed by atoms with E-state index in [0.29, 0.717) is 30.4 Å².